The van der Waals surface area contributed by atoms with Crippen LogP contribution in [-0.4, -0.2) is 24.2 Å². The van der Waals surface area contributed by atoms with E-state index in [-0.39, 0.29) is 5.97 Å². The van der Waals surface area contributed by atoms with Gasteiger partial charge in [0.2, 0.25) is 5.88 Å². The van der Waals surface area contributed by atoms with Crippen molar-refractivity contribution in [3.8, 4) is 28.3 Å². The number of ether oxygens (including phenoxy) is 2. The topological polar surface area (TPSA) is 48.4 Å². The van der Waals surface area contributed by atoms with Crippen molar-refractivity contribution in [1.82, 2.24) is 4.98 Å². The van der Waals surface area contributed by atoms with Crippen LogP contribution in [0, 0.1) is 0 Å². The Bertz CT molecular complexity index is 960. The second-order valence-electron chi connectivity index (χ2n) is 6.92. The summed E-state index contributed by atoms with van der Waals surface area (Å²) in [5.74, 6) is 0.443. The fourth-order valence-electron chi connectivity index (χ4n) is 3.13. The Morgan fingerprint density at radius 1 is 0.900 bits per heavy atom. The molecule has 2 aromatic carbocycles. The zero-order valence-corrected chi connectivity index (χ0v) is 17.9. The Balaban J connectivity index is 1.69. The van der Waals surface area contributed by atoms with Crippen LogP contribution in [0.4, 0.5) is 0 Å². The molecule has 0 N–H and O–H groups in total. The molecule has 156 valence electrons. The number of benzene rings is 2. The fraction of sp³-hybridized carbons (Fsp3) is 0.280. The number of aromatic nitrogens is 1. The van der Waals surface area contributed by atoms with Crippen molar-refractivity contribution >= 4 is 17.6 Å². The van der Waals surface area contributed by atoms with Crippen molar-refractivity contribution in [1.29, 1.82) is 0 Å². The van der Waals surface area contributed by atoms with E-state index >= 15 is 0 Å². The van der Waals surface area contributed by atoms with Gasteiger partial charge in [-0.3, -0.25) is 4.79 Å². The first-order chi connectivity index (χ1) is 14.7. The van der Waals surface area contributed by atoms with E-state index in [9.17, 15) is 4.79 Å². The number of pyridine rings is 1. The molecule has 0 amide bonds. The van der Waals surface area contributed by atoms with Crippen molar-refractivity contribution in [3.05, 3.63) is 71.8 Å². The predicted octanol–water partition coefficient (Wildman–Crippen LogP) is 6.57. The van der Waals surface area contributed by atoms with Crippen LogP contribution in [0.15, 0.2) is 66.7 Å². The first kappa shape index (κ1) is 21.8. The van der Waals surface area contributed by atoms with Crippen LogP contribution < -0.4 is 4.74 Å². The first-order valence-corrected chi connectivity index (χ1v) is 10.7. The SMILES string of the molecule is CCOC(=O)CCCCCOc1cc(-c2cccc(Cl)c2)cc(-c2ccccc2)n1. The maximum Gasteiger partial charge on any atom is 0.305 e. The summed E-state index contributed by atoms with van der Waals surface area (Å²) in [4.78, 5) is 16.1. The van der Waals surface area contributed by atoms with Crippen molar-refractivity contribution in [2.75, 3.05) is 13.2 Å². The minimum Gasteiger partial charge on any atom is -0.478 e. The average molecular weight is 424 g/mol. The van der Waals surface area contributed by atoms with Gasteiger partial charge in [-0.25, -0.2) is 4.98 Å². The number of halogens is 1. The molecule has 0 bridgehead atoms. The Kier molecular flexibility index (Phi) is 8.28. The number of carbonyl (C=O) groups is 1. The van der Waals surface area contributed by atoms with Gasteiger partial charge in [0.25, 0.3) is 0 Å². The Morgan fingerprint density at radius 2 is 1.70 bits per heavy atom. The number of esters is 1. The van der Waals surface area contributed by atoms with Crippen LogP contribution in [0.2, 0.25) is 5.02 Å². The molecule has 0 unspecified atom stereocenters. The summed E-state index contributed by atoms with van der Waals surface area (Å²) in [5, 5.41) is 0.689. The van der Waals surface area contributed by atoms with Crippen LogP contribution >= 0.6 is 11.6 Å². The van der Waals surface area contributed by atoms with Gasteiger partial charge in [0.1, 0.15) is 0 Å². The standard InChI is InChI=1S/C25H26ClNO3/c1-2-29-25(28)14-7-4-8-15-30-24-18-21(20-12-9-13-22(26)16-20)17-23(27-24)19-10-5-3-6-11-19/h3,5-6,9-13,16-18H,2,4,7-8,14-15H2,1H3. The van der Waals surface area contributed by atoms with Gasteiger partial charge in [0.05, 0.1) is 18.9 Å². The molecule has 3 aromatic rings. The van der Waals surface area contributed by atoms with Gasteiger partial charge in [-0.05, 0) is 55.5 Å². The van der Waals surface area contributed by atoms with E-state index in [4.69, 9.17) is 26.1 Å². The normalized spacial score (nSPS) is 10.6. The second-order valence-corrected chi connectivity index (χ2v) is 7.36. The molecule has 0 aliphatic carbocycles. The lowest BCUT2D eigenvalue weighted by molar-refractivity contribution is -0.143. The molecule has 4 nitrogen and oxygen atoms in total. The first-order valence-electron chi connectivity index (χ1n) is 10.3. The number of rotatable bonds is 10. The summed E-state index contributed by atoms with van der Waals surface area (Å²) in [7, 11) is 0. The molecule has 5 heteroatoms. The van der Waals surface area contributed by atoms with Crippen molar-refractivity contribution < 1.29 is 14.3 Å². The molecule has 3 rings (SSSR count). The molecule has 0 aliphatic rings. The van der Waals surface area contributed by atoms with E-state index in [1.807, 2.05) is 73.7 Å². The van der Waals surface area contributed by atoms with E-state index in [1.165, 1.54) is 0 Å². The molecular weight excluding hydrogens is 398 g/mol. The van der Waals surface area contributed by atoms with Gasteiger partial charge < -0.3 is 9.47 Å². The third-order valence-corrected chi connectivity index (χ3v) is 4.84. The van der Waals surface area contributed by atoms with Crippen molar-refractivity contribution in [2.45, 2.75) is 32.6 Å². The summed E-state index contributed by atoms with van der Waals surface area (Å²) >= 11 is 6.19. The minimum atomic E-state index is -0.137. The zero-order chi connectivity index (χ0) is 21.2. The highest BCUT2D eigenvalue weighted by atomic mass is 35.5. The smallest absolute Gasteiger partial charge is 0.305 e. The number of carbonyl (C=O) groups excluding carboxylic acids is 1. The van der Waals surface area contributed by atoms with Gasteiger partial charge in [-0.1, -0.05) is 54.1 Å². The molecule has 30 heavy (non-hydrogen) atoms. The van der Waals surface area contributed by atoms with E-state index in [0.717, 1.165) is 41.6 Å². The molecule has 0 saturated carbocycles. The third kappa shape index (κ3) is 6.60. The maximum atomic E-state index is 11.4. The quantitative estimate of drug-likeness (QED) is 0.273. The van der Waals surface area contributed by atoms with Crippen LogP contribution in [0.1, 0.15) is 32.6 Å². The molecular formula is C25H26ClNO3. The summed E-state index contributed by atoms with van der Waals surface area (Å²) < 4.78 is 10.9. The summed E-state index contributed by atoms with van der Waals surface area (Å²) in [6, 6.07) is 21.8. The Hall–Kier alpha value is -2.85. The summed E-state index contributed by atoms with van der Waals surface area (Å²) in [5.41, 5.74) is 3.90. The molecule has 1 heterocycles. The monoisotopic (exact) mass is 423 g/mol. The van der Waals surface area contributed by atoms with Crippen LogP contribution in [0.25, 0.3) is 22.4 Å². The molecule has 0 aliphatic heterocycles. The third-order valence-electron chi connectivity index (χ3n) is 4.61. The van der Waals surface area contributed by atoms with E-state index < -0.39 is 0 Å². The number of nitrogens with zero attached hydrogens (tertiary/aromatic N) is 1. The summed E-state index contributed by atoms with van der Waals surface area (Å²) in [6.45, 7) is 2.79. The predicted molar refractivity (Wildman–Crippen MR) is 121 cm³/mol. The lowest BCUT2D eigenvalue weighted by Gasteiger charge is -2.11. The lowest BCUT2D eigenvalue weighted by Crippen LogP contribution is -2.04. The molecule has 0 atom stereocenters. The molecule has 0 fully saturated rings. The number of hydrogen-bond donors (Lipinski definition) is 0. The number of unbranched alkanes of at least 4 members (excludes halogenated alkanes) is 2. The second kappa shape index (κ2) is 11.4. The Morgan fingerprint density at radius 3 is 2.47 bits per heavy atom. The summed E-state index contributed by atoms with van der Waals surface area (Å²) in [6.07, 6.45) is 3.00. The largest absolute Gasteiger partial charge is 0.478 e. The highest BCUT2D eigenvalue weighted by molar-refractivity contribution is 6.30. The van der Waals surface area contributed by atoms with Crippen LogP contribution in [-0.2, 0) is 9.53 Å². The zero-order valence-electron chi connectivity index (χ0n) is 17.1. The maximum absolute atomic E-state index is 11.4. The molecule has 0 radical (unpaired) electrons. The average Bonchev–Trinajstić information content (AvgIpc) is 2.77. The Labute approximate surface area is 182 Å². The van der Waals surface area contributed by atoms with Gasteiger partial charge in [0, 0.05) is 23.1 Å². The van der Waals surface area contributed by atoms with Crippen LogP contribution in [0.5, 0.6) is 5.88 Å². The van der Waals surface area contributed by atoms with Gasteiger partial charge in [0.15, 0.2) is 0 Å². The highest BCUT2D eigenvalue weighted by Gasteiger charge is 2.09. The van der Waals surface area contributed by atoms with Gasteiger partial charge in [-0.2, -0.15) is 0 Å². The van der Waals surface area contributed by atoms with Crippen molar-refractivity contribution in [2.24, 2.45) is 0 Å². The lowest BCUT2D eigenvalue weighted by atomic mass is 10.0. The minimum absolute atomic E-state index is 0.137. The van der Waals surface area contributed by atoms with Gasteiger partial charge in [-0.15, -0.1) is 0 Å². The molecule has 1 aromatic heterocycles. The fourth-order valence-corrected chi connectivity index (χ4v) is 3.32. The molecule has 0 spiro atoms. The van der Waals surface area contributed by atoms with Crippen LogP contribution in [0.3, 0.4) is 0 Å². The highest BCUT2D eigenvalue weighted by Crippen LogP contribution is 2.30. The molecule has 0 saturated heterocycles. The van der Waals surface area contributed by atoms with E-state index in [1.54, 1.807) is 0 Å². The number of hydrogen-bond acceptors (Lipinski definition) is 4. The van der Waals surface area contributed by atoms with E-state index in [0.29, 0.717) is 30.5 Å². The van der Waals surface area contributed by atoms with E-state index in [2.05, 4.69) is 0 Å². The van der Waals surface area contributed by atoms with Gasteiger partial charge >= 0.3 is 5.97 Å². The van der Waals surface area contributed by atoms with Crippen molar-refractivity contribution in [3.63, 3.8) is 0 Å².